The summed E-state index contributed by atoms with van der Waals surface area (Å²) < 4.78 is 10.6. The van der Waals surface area contributed by atoms with E-state index in [1.165, 1.54) is 0 Å². The number of fused-ring (bicyclic) bond motifs is 1. The molecule has 1 aromatic heterocycles. The Bertz CT molecular complexity index is 686. The van der Waals surface area contributed by atoms with Gasteiger partial charge in [0.15, 0.2) is 11.5 Å². The maximum absolute atomic E-state index is 12.2. The standard InChI is InChI=1S/C16H17N3O3/c1-19(16(20)7-13-4-3-12(17)8-18-13)9-11-2-5-14-15(6-11)22-10-21-14/h2-6,8H,7,9-10,17H2,1H3. The molecule has 3 rings (SSSR count). The van der Waals surface area contributed by atoms with Gasteiger partial charge < -0.3 is 20.1 Å². The van der Waals surface area contributed by atoms with Gasteiger partial charge in [-0.05, 0) is 29.8 Å². The van der Waals surface area contributed by atoms with E-state index in [1.807, 2.05) is 18.2 Å². The Morgan fingerprint density at radius 3 is 2.86 bits per heavy atom. The first-order chi connectivity index (χ1) is 10.6. The minimum Gasteiger partial charge on any atom is -0.454 e. The molecule has 0 spiro atoms. The lowest BCUT2D eigenvalue weighted by atomic mass is 10.2. The van der Waals surface area contributed by atoms with E-state index in [4.69, 9.17) is 15.2 Å². The van der Waals surface area contributed by atoms with E-state index in [9.17, 15) is 4.79 Å². The van der Waals surface area contributed by atoms with Crippen LogP contribution in [-0.2, 0) is 17.8 Å². The monoisotopic (exact) mass is 299 g/mol. The molecule has 0 bridgehead atoms. The van der Waals surface area contributed by atoms with Gasteiger partial charge >= 0.3 is 0 Å². The molecule has 6 nitrogen and oxygen atoms in total. The van der Waals surface area contributed by atoms with Gasteiger partial charge in [-0.25, -0.2) is 0 Å². The molecule has 0 saturated carbocycles. The fourth-order valence-electron chi connectivity index (χ4n) is 2.23. The normalized spacial score (nSPS) is 12.2. The van der Waals surface area contributed by atoms with Gasteiger partial charge in [-0.1, -0.05) is 6.07 Å². The summed E-state index contributed by atoms with van der Waals surface area (Å²) in [5.74, 6) is 1.46. The van der Waals surface area contributed by atoms with Crippen LogP contribution >= 0.6 is 0 Å². The van der Waals surface area contributed by atoms with E-state index in [-0.39, 0.29) is 19.1 Å². The molecule has 0 fully saturated rings. The maximum atomic E-state index is 12.2. The molecule has 1 aliphatic rings. The molecule has 0 aliphatic carbocycles. The Morgan fingerprint density at radius 1 is 1.27 bits per heavy atom. The summed E-state index contributed by atoms with van der Waals surface area (Å²) in [5, 5.41) is 0. The largest absolute Gasteiger partial charge is 0.454 e. The number of ether oxygens (including phenoxy) is 2. The summed E-state index contributed by atoms with van der Waals surface area (Å²) >= 11 is 0. The first kappa shape index (κ1) is 14.2. The Balaban J connectivity index is 1.62. The van der Waals surface area contributed by atoms with Crippen LogP contribution in [0.5, 0.6) is 11.5 Å². The minimum absolute atomic E-state index is 0.00469. The highest BCUT2D eigenvalue weighted by Crippen LogP contribution is 2.32. The summed E-state index contributed by atoms with van der Waals surface area (Å²) in [7, 11) is 1.77. The third kappa shape index (κ3) is 3.11. The molecule has 1 aliphatic heterocycles. The molecule has 2 aromatic rings. The van der Waals surface area contributed by atoms with Crippen molar-refractivity contribution in [3.63, 3.8) is 0 Å². The zero-order valence-corrected chi connectivity index (χ0v) is 12.3. The molecule has 2 heterocycles. The van der Waals surface area contributed by atoms with Crippen LogP contribution in [-0.4, -0.2) is 29.6 Å². The van der Waals surface area contributed by atoms with Gasteiger partial charge in [-0.15, -0.1) is 0 Å². The minimum atomic E-state index is -0.00469. The number of hydrogen-bond donors (Lipinski definition) is 1. The smallest absolute Gasteiger partial charge is 0.231 e. The predicted octanol–water partition coefficient (Wildman–Crippen LogP) is 1.59. The number of anilines is 1. The molecule has 0 unspecified atom stereocenters. The average Bonchev–Trinajstić information content (AvgIpc) is 2.97. The fourth-order valence-corrected chi connectivity index (χ4v) is 2.23. The van der Waals surface area contributed by atoms with Crippen molar-refractivity contribution < 1.29 is 14.3 Å². The van der Waals surface area contributed by atoms with E-state index in [0.29, 0.717) is 17.9 Å². The second kappa shape index (κ2) is 5.93. The van der Waals surface area contributed by atoms with Crippen molar-refractivity contribution >= 4 is 11.6 Å². The topological polar surface area (TPSA) is 77.7 Å². The lowest BCUT2D eigenvalue weighted by molar-refractivity contribution is -0.129. The summed E-state index contributed by atoms with van der Waals surface area (Å²) in [4.78, 5) is 18.0. The van der Waals surface area contributed by atoms with Crippen molar-refractivity contribution in [2.45, 2.75) is 13.0 Å². The van der Waals surface area contributed by atoms with Crippen molar-refractivity contribution in [1.82, 2.24) is 9.88 Å². The highest BCUT2D eigenvalue weighted by molar-refractivity contribution is 5.78. The first-order valence-corrected chi connectivity index (χ1v) is 6.95. The molecule has 1 aromatic carbocycles. The molecule has 0 radical (unpaired) electrons. The number of nitrogens with zero attached hydrogens (tertiary/aromatic N) is 2. The van der Waals surface area contributed by atoms with E-state index in [0.717, 1.165) is 17.1 Å². The number of hydrogen-bond acceptors (Lipinski definition) is 5. The van der Waals surface area contributed by atoms with Crippen molar-refractivity contribution in [3.8, 4) is 11.5 Å². The van der Waals surface area contributed by atoms with Crippen LogP contribution in [0.25, 0.3) is 0 Å². The van der Waals surface area contributed by atoms with Crippen LogP contribution in [0.3, 0.4) is 0 Å². The van der Waals surface area contributed by atoms with Crippen LogP contribution in [0.2, 0.25) is 0 Å². The second-order valence-electron chi connectivity index (χ2n) is 5.20. The van der Waals surface area contributed by atoms with Crippen LogP contribution < -0.4 is 15.2 Å². The van der Waals surface area contributed by atoms with Gasteiger partial charge in [0.1, 0.15) is 0 Å². The number of nitrogen functional groups attached to an aromatic ring is 1. The number of amides is 1. The van der Waals surface area contributed by atoms with Gasteiger partial charge in [0, 0.05) is 19.3 Å². The van der Waals surface area contributed by atoms with E-state index in [2.05, 4.69) is 4.98 Å². The number of likely N-dealkylation sites (N-methyl/N-ethyl adjacent to an activating group) is 1. The highest BCUT2D eigenvalue weighted by atomic mass is 16.7. The molecular weight excluding hydrogens is 282 g/mol. The maximum Gasteiger partial charge on any atom is 0.231 e. The van der Waals surface area contributed by atoms with Crippen LogP contribution in [0.1, 0.15) is 11.3 Å². The third-order valence-electron chi connectivity index (χ3n) is 3.46. The third-order valence-corrected chi connectivity index (χ3v) is 3.46. The molecule has 22 heavy (non-hydrogen) atoms. The summed E-state index contributed by atoms with van der Waals surface area (Å²) in [6.07, 6.45) is 1.81. The molecule has 6 heteroatoms. The number of carbonyl (C=O) groups is 1. The van der Waals surface area contributed by atoms with Gasteiger partial charge in [-0.3, -0.25) is 9.78 Å². The van der Waals surface area contributed by atoms with Crippen LogP contribution in [0, 0.1) is 0 Å². The number of nitrogens with two attached hydrogens (primary N) is 1. The molecule has 1 amide bonds. The fraction of sp³-hybridized carbons (Fsp3) is 0.250. The highest BCUT2D eigenvalue weighted by Gasteiger charge is 2.15. The summed E-state index contributed by atoms with van der Waals surface area (Å²) in [6.45, 7) is 0.751. The second-order valence-corrected chi connectivity index (χ2v) is 5.20. The lowest BCUT2D eigenvalue weighted by Gasteiger charge is -2.17. The van der Waals surface area contributed by atoms with E-state index < -0.39 is 0 Å². The SMILES string of the molecule is CN(Cc1ccc2c(c1)OCO2)C(=O)Cc1ccc(N)cn1. The van der Waals surface area contributed by atoms with Gasteiger partial charge in [0.2, 0.25) is 12.7 Å². The van der Waals surface area contributed by atoms with Crippen LogP contribution in [0.4, 0.5) is 5.69 Å². The predicted molar refractivity (Wildman–Crippen MR) is 81.4 cm³/mol. The molecule has 0 atom stereocenters. The zero-order chi connectivity index (χ0) is 15.5. The van der Waals surface area contributed by atoms with E-state index in [1.54, 1.807) is 30.3 Å². The Hall–Kier alpha value is -2.76. The molecule has 0 saturated heterocycles. The summed E-state index contributed by atoms with van der Waals surface area (Å²) in [6, 6.07) is 9.19. The number of carbonyl (C=O) groups excluding carboxylic acids is 1. The molecule has 114 valence electrons. The van der Waals surface area contributed by atoms with Gasteiger partial charge in [-0.2, -0.15) is 0 Å². The van der Waals surface area contributed by atoms with Crippen molar-refractivity contribution in [1.29, 1.82) is 0 Å². The molecular formula is C16H17N3O3. The van der Waals surface area contributed by atoms with E-state index >= 15 is 0 Å². The zero-order valence-electron chi connectivity index (χ0n) is 12.3. The molecule has 2 N–H and O–H groups in total. The van der Waals surface area contributed by atoms with Crippen LogP contribution in [0.15, 0.2) is 36.5 Å². The Morgan fingerprint density at radius 2 is 2.09 bits per heavy atom. The lowest BCUT2D eigenvalue weighted by Crippen LogP contribution is -2.28. The number of pyridine rings is 1. The average molecular weight is 299 g/mol. The first-order valence-electron chi connectivity index (χ1n) is 6.95. The Kier molecular flexibility index (Phi) is 3.82. The number of aromatic nitrogens is 1. The number of rotatable bonds is 4. The van der Waals surface area contributed by atoms with Crippen molar-refractivity contribution in [2.75, 3.05) is 19.6 Å². The van der Waals surface area contributed by atoms with Gasteiger partial charge in [0.05, 0.1) is 18.3 Å². The van der Waals surface area contributed by atoms with Gasteiger partial charge in [0.25, 0.3) is 0 Å². The Labute approximate surface area is 128 Å². The summed E-state index contributed by atoms with van der Waals surface area (Å²) in [5.41, 5.74) is 7.87. The van der Waals surface area contributed by atoms with Crippen molar-refractivity contribution in [3.05, 3.63) is 47.8 Å². The van der Waals surface area contributed by atoms with Crippen molar-refractivity contribution in [2.24, 2.45) is 0 Å². The number of benzene rings is 1. The quantitative estimate of drug-likeness (QED) is 0.927.